The monoisotopic (exact) mass is 200 g/mol. The zero-order chi connectivity index (χ0) is 10.2. The van der Waals surface area contributed by atoms with E-state index in [0.717, 1.165) is 12.8 Å². The van der Waals surface area contributed by atoms with Crippen LogP contribution < -0.4 is 0 Å². The van der Waals surface area contributed by atoms with Crippen LogP contribution in [0.5, 0.6) is 0 Å². The first-order valence-corrected chi connectivity index (χ1v) is 5.00. The molecule has 0 amide bonds. The van der Waals surface area contributed by atoms with E-state index in [1.54, 1.807) is 0 Å². The molecule has 0 radical (unpaired) electrons. The molecule has 1 saturated carbocycles. The second kappa shape index (κ2) is 3.21. The fourth-order valence-electron chi connectivity index (χ4n) is 2.42. The number of carbonyl (C=O) groups is 1. The molecule has 3 fully saturated rings. The molecule has 0 spiro atoms. The Labute approximate surface area is 83.2 Å². The maximum atomic E-state index is 11.5. The Hall–Kier alpha value is -0.610. The molecule has 2 aliphatic heterocycles. The average Bonchev–Trinajstić information content (AvgIpc) is 2.30. The number of aliphatic hydroxyl groups is 1. The summed E-state index contributed by atoms with van der Waals surface area (Å²) in [6.45, 7) is 0.642. The lowest BCUT2D eigenvalue weighted by Gasteiger charge is -2.50. The van der Waals surface area contributed by atoms with E-state index < -0.39 is 5.60 Å². The van der Waals surface area contributed by atoms with Gasteiger partial charge in [0, 0.05) is 5.41 Å². The zero-order valence-electron chi connectivity index (χ0n) is 8.41. The number of aliphatic hydroxyl groups excluding tert-OH is 1. The first kappa shape index (κ1) is 9.93. The molecule has 0 atom stereocenters. The second-order valence-corrected chi connectivity index (χ2v) is 4.43. The van der Waals surface area contributed by atoms with Crippen molar-refractivity contribution < 1.29 is 19.4 Å². The highest BCUT2D eigenvalue weighted by Crippen LogP contribution is 2.48. The quantitative estimate of drug-likeness (QED) is 0.659. The molecule has 0 aromatic heterocycles. The van der Waals surface area contributed by atoms with Gasteiger partial charge in [-0.2, -0.15) is 0 Å². The number of rotatable bonds is 2. The van der Waals surface area contributed by atoms with Crippen LogP contribution in [-0.4, -0.2) is 37.0 Å². The number of ether oxygens (including phenoxy) is 2. The van der Waals surface area contributed by atoms with E-state index in [-0.39, 0.29) is 18.0 Å². The van der Waals surface area contributed by atoms with Gasteiger partial charge in [0.1, 0.15) is 0 Å². The van der Waals surface area contributed by atoms with Crippen LogP contribution in [0, 0.1) is 5.41 Å². The first-order valence-electron chi connectivity index (χ1n) is 5.00. The van der Waals surface area contributed by atoms with Gasteiger partial charge in [-0.25, -0.2) is 4.79 Å². The van der Waals surface area contributed by atoms with Gasteiger partial charge in [-0.1, -0.05) is 0 Å². The topological polar surface area (TPSA) is 55.8 Å². The molecule has 4 heteroatoms. The van der Waals surface area contributed by atoms with E-state index in [4.69, 9.17) is 9.47 Å². The summed E-state index contributed by atoms with van der Waals surface area (Å²) in [5.74, 6) is -0.260. The van der Waals surface area contributed by atoms with Crippen LogP contribution >= 0.6 is 0 Å². The van der Waals surface area contributed by atoms with Crippen molar-refractivity contribution in [3.05, 3.63) is 0 Å². The molecular weight excluding hydrogens is 184 g/mol. The van der Waals surface area contributed by atoms with Crippen LogP contribution in [-0.2, 0) is 14.3 Å². The Morgan fingerprint density at radius 2 is 2.07 bits per heavy atom. The fraction of sp³-hybridized carbons (Fsp3) is 0.900. The molecule has 2 heterocycles. The van der Waals surface area contributed by atoms with Gasteiger partial charge in [0.2, 0.25) is 0 Å². The minimum Gasteiger partial charge on any atom is -0.467 e. The van der Waals surface area contributed by atoms with E-state index in [9.17, 15) is 9.90 Å². The molecule has 1 aliphatic carbocycles. The lowest BCUT2D eigenvalue weighted by Crippen LogP contribution is -2.56. The molecule has 0 unspecified atom stereocenters. The largest absolute Gasteiger partial charge is 0.467 e. The molecule has 2 saturated heterocycles. The summed E-state index contributed by atoms with van der Waals surface area (Å²) in [4.78, 5) is 11.5. The highest BCUT2D eigenvalue weighted by molar-refractivity contribution is 5.79. The Morgan fingerprint density at radius 1 is 1.43 bits per heavy atom. The zero-order valence-corrected chi connectivity index (χ0v) is 8.41. The summed E-state index contributed by atoms with van der Waals surface area (Å²) in [5.41, 5.74) is -0.790. The van der Waals surface area contributed by atoms with Crippen LogP contribution in [0.3, 0.4) is 0 Å². The van der Waals surface area contributed by atoms with Crippen molar-refractivity contribution in [2.24, 2.45) is 5.41 Å². The average molecular weight is 200 g/mol. The third kappa shape index (κ3) is 1.25. The predicted octanol–water partition coefficient (Wildman–Crippen LogP) is 0.481. The fourth-order valence-corrected chi connectivity index (χ4v) is 2.42. The lowest BCUT2D eigenvalue weighted by molar-refractivity contribution is -0.214. The van der Waals surface area contributed by atoms with Crippen LogP contribution in [0.1, 0.15) is 25.7 Å². The number of fused-ring (bicyclic) bond motifs is 3. The van der Waals surface area contributed by atoms with Crippen molar-refractivity contribution in [1.29, 1.82) is 0 Å². The molecule has 14 heavy (non-hydrogen) atoms. The van der Waals surface area contributed by atoms with Gasteiger partial charge in [0.05, 0.1) is 20.3 Å². The molecule has 3 aliphatic rings. The second-order valence-electron chi connectivity index (χ2n) is 4.43. The van der Waals surface area contributed by atoms with Crippen molar-refractivity contribution >= 4 is 5.97 Å². The molecule has 0 aromatic carbocycles. The first-order chi connectivity index (χ1) is 6.66. The van der Waals surface area contributed by atoms with Gasteiger partial charge in [-0.3, -0.25) is 0 Å². The Balaban J connectivity index is 2.12. The maximum Gasteiger partial charge on any atom is 0.338 e. The molecule has 80 valence electrons. The number of methoxy groups -OCH3 is 1. The van der Waals surface area contributed by atoms with Gasteiger partial charge in [0.15, 0.2) is 5.60 Å². The number of hydrogen-bond acceptors (Lipinski definition) is 4. The third-order valence-corrected chi connectivity index (χ3v) is 3.67. The molecule has 1 N–H and O–H groups in total. The van der Waals surface area contributed by atoms with Crippen molar-refractivity contribution in [3.8, 4) is 0 Å². The molecule has 0 aromatic rings. The van der Waals surface area contributed by atoms with Crippen molar-refractivity contribution in [3.63, 3.8) is 0 Å². The van der Waals surface area contributed by atoms with Gasteiger partial charge in [0.25, 0.3) is 0 Å². The summed E-state index contributed by atoms with van der Waals surface area (Å²) < 4.78 is 10.3. The molecule has 2 bridgehead atoms. The summed E-state index contributed by atoms with van der Waals surface area (Å²) in [5, 5.41) is 9.25. The minimum absolute atomic E-state index is 0.0875. The van der Waals surface area contributed by atoms with Gasteiger partial charge < -0.3 is 14.6 Å². The highest BCUT2D eigenvalue weighted by atomic mass is 16.6. The number of carbonyl (C=O) groups excluding carboxylic acids is 1. The van der Waals surface area contributed by atoms with Crippen molar-refractivity contribution in [1.82, 2.24) is 0 Å². The van der Waals surface area contributed by atoms with E-state index in [1.165, 1.54) is 7.11 Å². The summed E-state index contributed by atoms with van der Waals surface area (Å²) >= 11 is 0. The predicted molar refractivity (Wildman–Crippen MR) is 48.7 cm³/mol. The van der Waals surface area contributed by atoms with Crippen LogP contribution in [0.25, 0.3) is 0 Å². The standard InChI is InChI=1S/C10H16O4/c1-13-8(12)10-4-2-9(6-11,3-5-10)7-14-10/h11H,2-7H2,1H3. The number of esters is 1. The van der Waals surface area contributed by atoms with Gasteiger partial charge >= 0.3 is 5.97 Å². The molecule has 4 nitrogen and oxygen atoms in total. The van der Waals surface area contributed by atoms with Gasteiger partial charge in [-0.15, -0.1) is 0 Å². The number of hydrogen-bond donors (Lipinski definition) is 1. The van der Waals surface area contributed by atoms with Crippen LogP contribution in [0.4, 0.5) is 0 Å². The summed E-state index contributed by atoms with van der Waals surface area (Å²) in [6, 6.07) is 0. The van der Waals surface area contributed by atoms with E-state index in [2.05, 4.69) is 0 Å². The summed E-state index contributed by atoms with van der Waals surface area (Å²) in [6.07, 6.45) is 3.08. The Bertz CT molecular complexity index is 224. The van der Waals surface area contributed by atoms with Crippen molar-refractivity contribution in [2.45, 2.75) is 31.3 Å². The van der Waals surface area contributed by atoms with E-state index >= 15 is 0 Å². The lowest BCUT2D eigenvalue weighted by atomic mass is 9.66. The van der Waals surface area contributed by atoms with Gasteiger partial charge in [-0.05, 0) is 25.7 Å². The van der Waals surface area contributed by atoms with E-state index in [0.29, 0.717) is 19.4 Å². The van der Waals surface area contributed by atoms with Crippen molar-refractivity contribution in [2.75, 3.05) is 20.3 Å². The Kier molecular flexibility index (Phi) is 2.27. The van der Waals surface area contributed by atoms with E-state index in [1.807, 2.05) is 0 Å². The minimum atomic E-state index is -0.703. The molecule has 3 rings (SSSR count). The smallest absolute Gasteiger partial charge is 0.338 e. The highest BCUT2D eigenvalue weighted by Gasteiger charge is 2.54. The Morgan fingerprint density at radius 3 is 2.43 bits per heavy atom. The SMILES string of the molecule is COC(=O)C12CCC(CO)(CC1)CO2. The maximum absolute atomic E-state index is 11.5. The van der Waals surface area contributed by atoms with Crippen LogP contribution in [0.2, 0.25) is 0 Å². The normalized spacial score (nSPS) is 41.0. The molecular formula is C10H16O4. The third-order valence-electron chi connectivity index (χ3n) is 3.67. The summed E-state index contributed by atoms with van der Waals surface area (Å²) in [7, 11) is 1.39. The van der Waals surface area contributed by atoms with Crippen LogP contribution in [0.15, 0.2) is 0 Å².